The third-order valence-electron chi connectivity index (χ3n) is 3.39. The Bertz CT molecular complexity index is 801. The summed E-state index contributed by atoms with van der Waals surface area (Å²) >= 11 is 0. The Balaban J connectivity index is 2.16. The van der Waals surface area contributed by atoms with Crippen LogP contribution in [0.3, 0.4) is 0 Å². The van der Waals surface area contributed by atoms with E-state index in [0.29, 0.717) is 5.56 Å². The molecular weight excluding hydrogens is 333 g/mol. The van der Waals surface area contributed by atoms with Gasteiger partial charge in [0.05, 0.1) is 17.1 Å². The fraction of sp³-hybridized carbons (Fsp3) is 0.235. The van der Waals surface area contributed by atoms with Gasteiger partial charge >= 0.3 is 5.97 Å². The van der Waals surface area contributed by atoms with Crippen molar-refractivity contribution in [2.45, 2.75) is 18.4 Å². The van der Waals surface area contributed by atoms with Crippen LogP contribution in [0, 0.1) is 5.82 Å². The maximum absolute atomic E-state index is 12.9. The molecule has 0 N–H and O–H groups in total. The van der Waals surface area contributed by atoms with Crippen LogP contribution in [0.2, 0.25) is 0 Å². The summed E-state index contributed by atoms with van der Waals surface area (Å²) < 4.78 is 44.0. The van der Waals surface area contributed by atoms with Gasteiger partial charge < -0.3 is 4.74 Å². The largest absolute Gasteiger partial charge is 0.462 e. The molecule has 0 fully saturated rings. The Hall–Kier alpha value is -2.25. The lowest BCUT2D eigenvalue weighted by Crippen LogP contribution is -2.26. The maximum atomic E-state index is 12.9. The van der Waals surface area contributed by atoms with E-state index in [9.17, 15) is 17.6 Å². The summed E-state index contributed by atoms with van der Waals surface area (Å²) in [5, 5.41) is 0. The van der Waals surface area contributed by atoms with Gasteiger partial charge in [0.2, 0.25) is 10.0 Å². The van der Waals surface area contributed by atoms with Gasteiger partial charge in [0.25, 0.3) is 0 Å². The number of halogens is 1. The summed E-state index contributed by atoms with van der Waals surface area (Å²) in [6, 6.07) is 11.2. The zero-order valence-corrected chi connectivity index (χ0v) is 14.2. The number of nitrogens with zero attached hydrogens (tertiary/aromatic N) is 1. The second kappa shape index (κ2) is 7.55. The molecule has 0 aliphatic heterocycles. The number of carbonyl (C=O) groups excluding carboxylic acids is 1. The molecule has 0 aliphatic carbocycles. The average Bonchev–Trinajstić information content (AvgIpc) is 2.57. The lowest BCUT2D eigenvalue weighted by atomic mass is 10.2. The molecule has 0 saturated carbocycles. The van der Waals surface area contributed by atoms with E-state index in [1.165, 1.54) is 59.9 Å². The number of sulfonamides is 1. The van der Waals surface area contributed by atoms with Crippen LogP contribution >= 0.6 is 0 Å². The van der Waals surface area contributed by atoms with Crippen LogP contribution < -0.4 is 0 Å². The van der Waals surface area contributed by atoms with Crippen LogP contribution in [0.15, 0.2) is 53.4 Å². The quantitative estimate of drug-likeness (QED) is 0.751. The van der Waals surface area contributed by atoms with E-state index in [2.05, 4.69) is 0 Å². The van der Waals surface area contributed by atoms with Crippen molar-refractivity contribution in [2.24, 2.45) is 0 Å². The van der Waals surface area contributed by atoms with E-state index in [1.54, 1.807) is 6.92 Å². The standard InChI is InChI=1S/C17H18FNO4S/c1-3-23-17(20)14-6-10-16(11-7-14)24(21,22)19(2)12-13-4-8-15(18)9-5-13/h4-11H,3,12H2,1-2H3. The number of benzene rings is 2. The van der Waals surface area contributed by atoms with Crippen molar-refractivity contribution in [3.8, 4) is 0 Å². The van der Waals surface area contributed by atoms with Gasteiger partial charge in [0.1, 0.15) is 5.82 Å². The first-order valence-electron chi connectivity index (χ1n) is 7.32. The van der Waals surface area contributed by atoms with E-state index in [0.717, 1.165) is 0 Å². The average molecular weight is 351 g/mol. The van der Waals surface area contributed by atoms with Crippen molar-refractivity contribution in [3.63, 3.8) is 0 Å². The molecule has 0 bridgehead atoms. The lowest BCUT2D eigenvalue weighted by Gasteiger charge is -2.17. The van der Waals surface area contributed by atoms with Crippen LogP contribution in [0.25, 0.3) is 0 Å². The van der Waals surface area contributed by atoms with Crippen molar-refractivity contribution in [1.29, 1.82) is 0 Å². The molecule has 5 nitrogen and oxygen atoms in total. The first-order chi connectivity index (χ1) is 11.3. The summed E-state index contributed by atoms with van der Waals surface area (Å²) in [5.41, 5.74) is 0.961. The smallest absolute Gasteiger partial charge is 0.338 e. The number of ether oxygens (including phenoxy) is 1. The fourth-order valence-electron chi connectivity index (χ4n) is 2.09. The van der Waals surface area contributed by atoms with Crippen molar-refractivity contribution >= 4 is 16.0 Å². The molecule has 2 aromatic rings. The van der Waals surface area contributed by atoms with Gasteiger partial charge in [-0.3, -0.25) is 0 Å². The predicted octanol–water partition coefficient (Wildman–Crippen LogP) is 2.82. The third-order valence-corrected chi connectivity index (χ3v) is 5.21. The van der Waals surface area contributed by atoms with E-state index in [-0.39, 0.29) is 29.4 Å². The minimum absolute atomic E-state index is 0.0696. The second-order valence-corrected chi connectivity index (χ2v) is 7.18. The van der Waals surface area contributed by atoms with Gasteiger partial charge in [-0.2, -0.15) is 4.31 Å². The molecule has 0 amide bonds. The van der Waals surface area contributed by atoms with Crippen molar-refractivity contribution in [2.75, 3.05) is 13.7 Å². The Morgan fingerprint density at radius 2 is 1.67 bits per heavy atom. The zero-order valence-electron chi connectivity index (χ0n) is 13.4. The van der Waals surface area contributed by atoms with Gasteiger partial charge in [-0.25, -0.2) is 17.6 Å². The molecule has 2 rings (SSSR count). The summed E-state index contributed by atoms with van der Waals surface area (Å²) in [5.74, 6) is -0.875. The molecule has 0 saturated heterocycles. The number of hydrogen-bond acceptors (Lipinski definition) is 4. The number of hydrogen-bond donors (Lipinski definition) is 0. The van der Waals surface area contributed by atoms with E-state index >= 15 is 0 Å². The van der Waals surface area contributed by atoms with E-state index in [4.69, 9.17) is 4.74 Å². The van der Waals surface area contributed by atoms with E-state index < -0.39 is 16.0 Å². The minimum atomic E-state index is -3.71. The molecule has 0 heterocycles. The number of rotatable bonds is 6. The normalized spacial score (nSPS) is 11.5. The molecule has 2 aromatic carbocycles. The molecule has 0 aliphatic rings. The molecule has 7 heteroatoms. The lowest BCUT2D eigenvalue weighted by molar-refractivity contribution is 0.0526. The van der Waals surface area contributed by atoms with Gasteiger partial charge in [0.15, 0.2) is 0 Å². The third kappa shape index (κ3) is 4.18. The predicted molar refractivity (Wildman–Crippen MR) is 87.5 cm³/mol. The SMILES string of the molecule is CCOC(=O)c1ccc(S(=O)(=O)N(C)Cc2ccc(F)cc2)cc1. The summed E-state index contributed by atoms with van der Waals surface area (Å²) in [7, 11) is -2.27. The van der Waals surface area contributed by atoms with Crippen molar-refractivity contribution in [1.82, 2.24) is 4.31 Å². The Morgan fingerprint density at radius 1 is 1.08 bits per heavy atom. The van der Waals surface area contributed by atoms with Crippen molar-refractivity contribution < 1.29 is 22.3 Å². The molecule has 128 valence electrons. The van der Waals surface area contributed by atoms with Crippen molar-refractivity contribution in [3.05, 3.63) is 65.5 Å². The zero-order chi connectivity index (χ0) is 17.7. The summed E-state index contributed by atoms with van der Waals surface area (Å²) in [6.45, 7) is 2.06. The molecule has 0 unspecified atom stereocenters. The van der Waals surface area contributed by atoms with Gasteiger partial charge in [0, 0.05) is 13.6 Å². The number of carbonyl (C=O) groups is 1. The van der Waals surface area contributed by atoms with Crippen LogP contribution in [0.5, 0.6) is 0 Å². The van der Waals surface area contributed by atoms with E-state index in [1.807, 2.05) is 0 Å². The molecule has 24 heavy (non-hydrogen) atoms. The maximum Gasteiger partial charge on any atom is 0.338 e. The minimum Gasteiger partial charge on any atom is -0.462 e. The van der Waals surface area contributed by atoms with Gasteiger partial charge in [-0.1, -0.05) is 12.1 Å². The Morgan fingerprint density at radius 3 is 2.21 bits per heavy atom. The highest BCUT2D eigenvalue weighted by Crippen LogP contribution is 2.18. The Kier molecular flexibility index (Phi) is 5.69. The molecule has 0 atom stereocenters. The van der Waals surface area contributed by atoms with Gasteiger partial charge in [-0.05, 0) is 48.9 Å². The highest BCUT2D eigenvalue weighted by molar-refractivity contribution is 7.89. The van der Waals surface area contributed by atoms with Gasteiger partial charge in [-0.15, -0.1) is 0 Å². The van der Waals surface area contributed by atoms with Crippen LogP contribution in [-0.2, 0) is 21.3 Å². The number of esters is 1. The first-order valence-corrected chi connectivity index (χ1v) is 8.76. The highest BCUT2D eigenvalue weighted by atomic mass is 32.2. The second-order valence-electron chi connectivity index (χ2n) is 5.13. The van der Waals surface area contributed by atoms with Crippen LogP contribution in [-0.4, -0.2) is 32.3 Å². The highest BCUT2D eigenvalue weighted by Gasteiger charge is 2.21. The summed E-state index contributed by atoms with van der Waals surface area (Å²) in [6.07, 6.45) is 0. The first kappa shape index (κ1) is 18.1. The molecule has 0 aromatic heterocycles. The molecular formula is C17H18FNO4S. The van der Waals surface area contributed by atoms with Crippen LogP contribution in [0.4, 0.5) is 4.39 Å². The monoisotopic (exact) mass is 351 g/mol. The Labute approximate surface area is 140 Å². The molecule has 0 spiro atoms. The molecule has 0 radical (unpaired) electrons. The summed E-state index contributed by atoms with van der Waals surface area (Å²) in [4.78, 5) is 11.7. The topological polar surface area (TPSA) is 63.7 Å². The fourth-order valence-corrected chi connectivity index (χ4v) is 3.25. The van der Waals surface area contributed by atoms with Crippen LogP contribution in [0.1, 0.15) is 22.8 Å².